The zero-order chi connectivity index (χ0) is 20.2. The maximum absolute atomic E-state index is 13.0. The molecule has 2 rings (SSSR count). The van der Waals surface area contributed by atoms with Crippen LogP contribution in [0.3, 0.4) is 0 Å². The summed E-state index contributed by atoms with van der Waals surface area (Å²) in [5.41, 5.74) is 1.05. The van der Waals surface area contributed by atoms with Gasteiger partial charge in [0.05, 0.1) is 11.7 Å². The third-order valence-electron chi connectivity index (χ3n) is 5.49. The summed E-state index contributed by atoms with van der Waals surface area (Å²) >= 11 is 0. The zero-order valence-corrected chi connectivity index (χ0v) is 18.1. The molecule has 27 heavy (non-hydrogen) atoms. The van der Waals surface area contributed by atoms with Crippen LogP contribution in [0, 0.1) is 5.92 Å². The van der Waals surface area contributed by atoms with Crippen molar-refractivity contribution >= 4 is 5.91 Å². The van der Waals surface area contributed by atoms with E-state index in [4.69, 9.17) is 9.47 Å². The molecule has 0 radical (unpaired) electrons. The molecule has 1 amide bonds. The molecule has 4 nitrogen and oxygen atoms in total. The van der Waals surface area contributed by atoms with Crippen molar-refractivity contribution in [3.63, 3.8) is 0 Å². The van der Waals surface area contributed by atoms with Crippen molar-refractivity contribution in [2.75, 3.05) is 13.7 Å². The van der Waals surface area contributed by atoms with Crippen molar-refractivity contribution in [1.29, 1.82) is 0 Å². The summed E-state index contributed by atoms with van der Waals surface area (Å²) in [5.74, 6) is 1.70. The van der Waals surface area contributed by atoms with E-state index in [1.54, 1.807) is 0 Å². The Labute approximate surface area is 165 Å². The van der Waals surface area contributed by atoms with E-state index in [9.17, 15) is 4.79 Å². The molecule has 1 fully saturated rings. The first-order chi connectivity index (χ1) is 12.6. The van der Waals surface area contributed by atoms with E-state index in [2.05, 4.69) is 39.8 Å². The fourth-order valence-corrected chi connectivity index (χ4v) is 3.87. The zero-order valence-electron chi connectivity index (χ0n) is 18.1. The minimum Gasteiger partial charge on any atom is -0.491 e. The molecule has 152 valence electrons. The SMILES string of the molecule is CC(C)Oc1ccc([C@H](CC(=O)N(C)[C@H]2CCOC(C)(C)C2)C(C)C)cc1. The maximum atomic E-state index is 13.0. The number of ether oxygens (including phenoxy) is 2. The van der Waals surface area contributed by atoms with Gasteiger partial charge < -0.3 is 14.4 Å². The Balaban J connectivity index is 2.05. The third kappa shape index (κ3) is 6.24. The summed E-state index contributed by atoms with van der Waals surface area (Å²) in [5, 5.41) is 0. The topological polar surface area (TPSA) is 38.8 Å². The summed E-state index contributed by atoms with van der Waals surface area (Å²) < 4.78 is 11.5. The van der Waals surface area contributed by atoms with Crippen LogP contribution in [0.25, 0.3) is 0 Å². The lowest BCUT2D eigenvalue weighted by Crippen LogP contribution is -2.47. The highest BCUT2D eigenvalue weighted by Gasteiger charge is 2.33. The van der Waals surface area contributed by atoms with Crippen LogP contribution in [0.5, 0.6) is 5.75 Å². The molecule has 1 aromatic rings. The molecule has 4 heteroatoms. The van der Waals surface area contributed by atoms with Crippen molar-refractivity contribution in [1.82, 2.24) is 4.90 Å². The van der Waals surface area contributed by atoms with Gasteiger partial charge in [0.25, 0.3) is 0 Å². The van der Waals surface area contributed by atoms with Gasteiger partial charge in [-0.2, -0.15) is 0 Å². The summed E-state index contributed by atoms with van der Waals surface area (Å²) in [4.78, 5) is 15.0. The second kappa shape index (κ2) is 9.09. The molecular weight excluding hydrogens is 338 g/mol. The molecule has 0 aromatic heterocycles. The molecule has 1 aromatic carbocycles. The third-order valence-corrected chi connectivity index (χ3v) is 5.49. The normalized spacial score (nSPS) is 20.6. The number of nitrogens with zero attached hydrogens (tertiary/aromatic N) is 1. The largest absolute Gasteiger partial charge is 0.491 e. The van der Waals surface area contributed by atoms with Crippen molar-refractivity contribution in [2.24, 2.45) is 5.92 Å². The molecule has 0 N–H and O–H groups in total. The standard InChI is InChI=1S/C23H37NO3/c1-16(2)21(18-8-10-20(11-9-18)27-17(3)4)14-22(25)24(7)19-12-13-26-23(5,6)15-19/h8-11,16-17,19,21H,12-15H2,1-7H3/t19-,21+/m0/s1. The van der Waals surface area contributed by atoms with Crippen molar-refractivity contribution < 1.29 is 14.3 Å². The minimum atomic E-state index is -0.152. The Morgan fingerprint density at radius 2 is 1.85 bits per heavy atom. The van der Waals surface area contributed by atoms with E-state index < -0.39 is 0 Å². The first kappa shape index (κ1) is 21.7. The number of hydrogen-bond acceptors (Lipinski definition) is 3. The van der Waals surface area contributed by atoms with Gasteiger partial charge in [0.15, 0.2) is 0 Å². The highest BCUT2D eigenvalue weighted by Crippen LogP contribution is 2.32. The van der Waals surface area contributed by atoms with E-state index >= 15 is 0 Å². The molecule has 2 atom stereocenters. The van der Waals surface area contributed by atoms with Crippen LogP contribution in [0.15, 0.2) is 24.3 Å². The lowest BCUT2D eigenvalue weighted by atomic mass is 9.85. The molecule has 0 saturated carbocycles. The molecule has 0 bridgehead atoms. The monoisotopic (exact) mass is 375 g/mol. The van der Waals surface area contributed by atoms with Crippen LogP contribution in [0.1, 0.15) is 72.3 Å². The highest BCUT2D eigenvalue weighted by molar-refractivity contribution is 5.77. The van der Waals surface area contributed by atoms with Gasteiger partial charge in [-0.3, -0.25) is 4.79 Å². The van der Waals surface area contributed by atoms with Crippen LogP contribution < -0.4 is 4.74 Å². The Morgan fingerprint density at radius 3 is 2.37 bits per heavy atom. The van der Waals surface area contributed by atoms with Crippen molar-refractivity contribution in [2.45, 2.75) is 84.5 Å². The van der Waals surface area contributed by atoms with Gasteiger partial charge in [0.2, 0.25) is 5.91 Å². The predicted molar refractivity (Wildman–Crippen MR) is 110 cm³/mol. The van der Waals surface area contributed by atoms with Crippen LogP contribution in [-0.2, 0) is 9.53 Å². The number of rotatable bonds is 7. The average Bonchev–Trinajstić information content (AvgIpc) is 2.58. The molecule has 1 heterocycles. The van der Waals surface area contributed by atoms with Crippen LogP contribution in [-0.4, -0.2) is 42.2 Å². The Kier molecular flexibility index (Phi) is 7.32. The Bertz CT molecular complexity index is 607. The van der Waals surface area contributed by atoms with Gasteiger partial charge in [-0.25, -0.2) is 0 Å². The Hall–Kier alpha value is -1.55. The fraction of sp³-hybridized carbons (Fsp3) is 0.696. The summed E-state index contributed by atoms with van der Waals surface area (Å²) in [6.07, 6.45) is 2.51. The summed E-state index contributed by atoms with van der Waals surface area (Å²) in [6, 6.07) is 8.50. The summed E-state index contributed by atoms with van der Waals surface area (Å²) in [6.45, 7) is 13.4. The van der Waals surface area contributed by atoms with E-state index in [1.807, 2.05) is 37.9 Å². The molecule has 1 saturated heterocycles. The second-order valence-corrected chi connectivity index (χ2v) is 9.05. The highest BCUT2D eigenvalue weighted by atomic mass is 16.5. The van der Waals surface area contributed by atoms with Gasteiger partial charge >= 0.3 is 0 Å². The lowest BCUT2D eigenvalue weighted by Gasteiger charge is -2.40. The summed E-state index contributed by atoms with van der Waals surface area (Å²) in [7, 11) is 1.95. The first-order valence-electron chi connectivity index (χ1n) is 10.3. The van der Waals surface area contributed by atoms with Gasteiger partial charge in [-0.15, -0.1) is 0 Å². The van der Waals surface area contributed by atoms with Gasteiger partial charge in [0, 0.05) is 26.1 Å². The number of hydrogen-bond donors (Lipinski definition) is 0. The van der Waals surface area contributed by atoms with Gasteiger partial charge in [0.1, 0.15) is 5.75 Å². The Morgan fingerprint density at radius 1 is 1.22 bits per heavy atom. The van der Waals surface area contributed by atoms with Gasteiger partial charge in [-0.05, 0) is 70.1 Å². The average molecular weight is 376 g/mol. The number of carbonyl (C=O) groups is 1. The van der Waals surface area contributed by atoms with Crippen molar-refractivity contribution in [3.05, 3.63) is 29.8 Å². The first-order valence-corrected chi connectivity index (χ1v) is 10.3. The van der Waals surface area contributed by atoms with Crippen molar-refractivity contribution in [3.8, 4) is 5.75 Å². The van der Waals surface area contributed by atoms with E-state index in [0.29, 0.717) is 12.3 Å². The second-order valence-electron chi connectivity index (χ2n) is 9.05. The molecule has 0 aliphatic carbocycles. The molecule has 0 unspecified atom stereocenters. The maximum Gasteiger partial charge on any atom is 0.223 e. The quantitative estimate of drug-likeness (QED) is 0.672. The van der Waals surface area contributed by atoms with E-state index in [1.165, 1.54) is 5.56 Å². The van der Waals surface area contributed by atoms with Crippen LogP contribution >= 0.6 is 0 Å². The minimum absolute atomic E-state index is 0.152. The fourth-order valence-electron chi connectivity index (χ4n) is 3.87. The van der Waals surface area contributed by atoms with E-state index in [-0.39, 0.29) is 29.6 Å². The molecular formula is C23H37NO3. The molecule has 0 spiro atoms. The predicted octanol–water partition coefficient (Wildman–Crippen LogP) is 5.02. The van der Waals surface area contributed by atoms with Crippen LogP contribution in [0.4, 0.5) is 0 Å². The number of amides is 1. The smallest absolute Gasteiger partial charge is 0.223 e. The molecule has 1 aliphatic rings. The number of benzene rings is 1. The lowest BCUT2D eigenvalue weighted by molar-refractivity contribution is -0.138. The van der Waals surface area contributed by atoms with E-state index in [0.717, 1.165) is 25.2 Å². The van der Waals surface area contributed by atoms with Crippen LogP contribution in [0.2, 0.25) is 0 Å². The number of carbonyl (C=O) groups excluding carboxylic acids is 1. The van der Waals surface area contributed by atoms with Gasteiger partial charge in [-0.1, -0.05) is 26.0 Å². The molecule has 1 aliphatic heterocycles.